The first-order valence-corrected chi connectivity index (χ1v) is 9.28. The molecule has 1 aliphatic rings. The van der Waals surface area contributed by atoms with Crippen molar-refractivity contribution in [1.82, 2.24) is 9.80 Å². The molecule has 0 aliphatic carbocycles. The van der Waals surface area contributed by atoms with Crippen molar-refractivity contribution in [3.8, 4) is 0 Å². The lowest BCUT2D eigenvalue weighted by molar-refractivity contribution is -0.132. The van der Waals surface area contributed by atoms with Gasteiger partial charge in [-0.15, -0.1) is 11.3 Å². The highest BCUT2D eigenvalue weighted by molar-refractivity contribution is 7.09. The lowest BCUT2D eigenvalue weighted by atomic mass is 10.1. The normalized spacial score (nSPS) is 14.6. The molecule has 0 atom stereocenters. The van der Waals surface area contributed by atoms with Crippen molar-refractivity contribution < 1.29 is 14.0 Å². The van der Waals surface area contributed by atoms with Crippen LogP contribution in [-0.2, 0) is 11.2 Å². The molecule has 0 saturated carbocycles. The number of carbonyl (C=O) groups excluding carboxylic acids is 2. The van der Waals surface area contributed by atoms with Crippen LogP contribution >= 0.6 is 11.3 Å². The molecule has 1 aromatic heterocycles. The second-order valence-electron chi connectivity index (χ2n) is 6.22. The molecule has 1 fully saturated rings. The minimum atomic E-state index is -0.308. The molecule has 132 valence electrons. The van der Waals surface area contributed by atoms with Gasteiger partial charge in [0.25, 0.3) is 5.91 Å². The Balaban J connectivity index is 1.51. The van der Waals surface area contributed by atoms with Crippen LogP contribution in [0.4, 0.5) is 4.39 Å². The van der Waals surface area contributed by atoms with Crippen LogP contribution in [0.1, 0.15) is 27.2 Å². The molecule has 0 bridgehead atoms. The molecule has 6 heteroatoms. The second kappa shape index (κ2) is 7.78. The van der Waals surface area contributed by atoms with Crippen LogP contribution in [0, 0.1) is 12.7 Å². The molecule has 4 nitrogen and oxygen atoms in total. The van der Waals surface area contributed by atoms with Crippen molar-refractivity contribution >= 4 is 23.2 Å². The van der Waals surface area contributed by atoms with Crippen molar-refractivity contribution in [1.29, 1.82) is 0 Å². The van der Waals surface area contributed by atoms with Crippen LogP contribution in [0.5, 0.6) is 0 Å². The average molecular weight is 360 g/mol. The third-order valence-corrected chi connectivity index (χ3v) is 5.43. The molecule has 0 N–H and O–H groups in total. The van der Waals surface area contributed by atoms with Gasteiger partial charge in [-0.1, -0.05) is 6.07 Å². The molecule has 1 saturated heterocycles. The van der Waals surface area contributed by atoms with Crippen LogP contribution in [0.15, 0.2) is 35.7 Å². The standard InChI is InChI=1S/C19H21FN2O2S/c1-14-13-15(4-6-17(14)20)19(24)22-10-8-21(9-11-22)18(23)7-5-16-3-2-12-25-16/h2-4,6,12-13H,5,7-11H2,1H3. The van der Waals surface area contributed by atoms with Gasteiger partial charge in [-0.05, 0) is 48.6 Å². The number of aryl methyl sites for hydroxylation is 2. The summed E-state index contributed by atoms with van der Waals surface area (Å²) < 4.78 is 13.4. The van der Waals surface area contributed by atoms with E-state index in [4.69, 9.17) is 0 Å². The molecule has 2 heterocycles. The van der Waals surface area contributed by atoms with Gasteiger partial charge in [0.05, 0.1) is 0 Å². The summed E-state index contributed by atoms with van der Waals surface area (Å²) in [6, 6.07) is 8.46. The van der Waals surface area contributed by atoms with Gasteiger partial charge in [0.15, 0.2) is 0 Å². The van der Waals surface area contributed by atoms with Crippen molar-refractivity contribution in [2.75, 3.05) is 26.2 Å². The number of rotatable bonds is 4. The van der Waals surface area contributed by atoms with E-state index < -0.39 is 0 Å². The molecule has 25 heavy (non-hydrogen) atoms. The Bertz CT molecular complexity index is 753. The van der Waals surface area contributed by atoms with Crippen LogP contribution in [0.3, 0.4) is 0 Å². The summed E-state index contributed by atoms with van der Waals surface area (Å²) in [5.74, 6) is -0.274. The van der Waals surface area contributed by atoms with Crippen molar-refractivity contribution in [2.24, 2.45) is 0 Å². The first-order chi connectivity index (χ1) is 12.0. The summed E-state index contributed by atoms with van der Waals surface area (Å²) in [6.07, 6.45) is 1.27. The van der Waals surface area contributed by atoms with Crippen LogP contribution < -0.4 is 0 Å². The lowest BCUT2D eigenvalue weighted by Gasteiger charge is -2.35. The number of halogens is 1. The van der Waals surface area contributed by atoms with E-state index in [1.807, 2.05) is 22.4 Å². The van der Waals surface area contributed by atoms with E-state index in [0.717, 1.165) is 6.42 Å². The maximum atomic E-state index is 13.4. The van der Waals surface area contributed by atoms with Gasteiger partial charge in [0.1, 0.15) is 5.82 Å². The predicted molar refractivity (Wildman–Crippen MR) is 96.3 cm³/mol. The Morgan fingerprint density at radius 3 is 2.48 bits per heavy atom. The quantitative estimate of drug-likeness (QED) is 0.841. The van der Waals surface area contributed by atoms with Crippen LogP contribution in [0.25, 0.3) is 0 Å². The SMILES string of the molecule is Cc1cc(C(=O)N2CCN(C(=O)CCc3cccs3)CC2)ccc1F. The van der Waals surface area contributed by atoms with Crippen molar-refractivity contribution in [2.45, 2.75) is 19.8 Å². The van der Waals surface area contributed by atoms with Gasteiger partial charge in [0.2, 0.25) is 5.91 Å². The number of nitrogens with zero attached hydrogens (tertiary/aromatic N) is 2. The lowest BCUT2D eigenvalue weighted by Crippen LogP contribution is -2.50. The van der Waals surface area contributed by atoms with E-state index in [1.54, 1.807) is 29.2 Å². The highest BCUT2D eigenvalue weighted by atomic mass is 32.1. The van der Waals surface area contributed by atoms with Crippen LogP contribution in [-0.4, -0.2) is 47.8 Å². The van der Waals surface area contributed by atoms with Gasteiger partial charge in [-0.25, -0.2) is 4.39 Å². The maximum Gasteiger partial charge on any atom is 0.253 e. The topological polar surface area (TPSA) is 40.6 Å². The largest absolute Gasteiger partial charge is 0.339 e. The van der Waals surface area contributed by atoms with Gasteiger partial charge < -0.3 is 9.80 Å². The molecular weight excluding hydrogens is 339 g/mol. The molecule has 3 rings (SSSR count). The summed E-state index contributed by atoms with van der Waals surface area (Å²) in [4.78, 5) is 29.6. The number of piperazine rings is 1. The molecule has 2 amide bonds. The minimum Gasteiger partial charge on any atom is -0.339 e. The molecular formula is C19H21FN2O2S. The van der Waals surface area contributed by atoms with Crippen LogP contribution in [0.2, 0.25) is 0 Å². The summed E-state index contributed by atoms with van der Waals surface area (Å²) in [5.41, 5.74) is 0.963. The third kappa shape index (κ3) is 4.25. The summed E-state index contributed by atoms with van der Waals surface area (Å²) in [5, 5.41) is 2.02. The number of amides is 2. The fourth-order valence-corrected chi connectivity index (χ4v) is 3.67. The maximum absolute atomic E-state index is 13.4. The summed E-state index contributed by atoms with van der Waals surface area (Å²) >= 11 is 1.67. The Labute approximate surface area is 150 Å². The molecule has 0 radical (unpaired) electrons. The molecule has 0 spiro atoms. The van der Waals surface area contributed by atoms with Gasteiger partial charge >= 0.3 is 0 Å². The van der Waals surface area contributed by atoms with Crippen molar-refractivity contribution in [3.05, 3.63) is 57.5 Å². The second-order valence-corrected chi connectivity index (χ2v) is 7.25. The van der Waals surface area contributed by atoms with E-state index in [0.29, 0.717) is 43.7 Å². The van der Waals surface area contributed by atoms with E-state index in [-0.39, 0.29) is 17.6 Å². The zero-order chi connectivity index (χ0) is 17.8. The molecule has 1 aliphatic heterocycles. The number of carbonyl (C=O) groups is 2. The molecule has 1 aromatic carbocycles. The zero-order valence-corrected chi connectivity index (χ0v) is 15.0. The zero-order valence-electron chi connectivity index (χ0n) is 14.2. The first-order valence-electron chi connectivity index (χ1n) is 8.40. The Morgan fingerprint density at radius 1 is 1.12 bits per heavy atom. The average Bonchev–Trinajstić information content (AvgIpc) is 3.15. The van der Waals surface area contributed by atoms with E-state index in [9.17, 15) is 14.0 Å². The van der Waals surface area contributed by atoms with E-state index in [1.165, 1.54) is 17.0 Å². The van der Waals surface area contributed by atoms with E-state index >= 15 is 0 Å². The predicted octanol–water partition coefficient (Wildman–Crippen LogP) is 3.11. The van der Waals surface area contributed by atoms with Crippen molar-refractivity contribution in [3.63, 3.8) is 0 Å². The van der Waals surface area contributed by atoms with Gasteiger partial charge in [-0.2, -0.15) is 0 Å². The molecule has 2 aromatic rings. The smallest absolute Gasteiger partial charge is 0.253 e. The number of benzene rings is 1. The Kier molecular flexibility index (Phi) is 5.48. The monoisotopic (exact) mass is 360 g/mol. The number of hydrogen-bond acceptors (Lipinski definition) is 3. The van der Waals surface area contributed by atoms with E-state index in [2.05, 4.69) is 0 Å². The number of hydrogen-bond donors (Lipinski definition) is 0. The Morgan fingerprint density at radius 2 is 1.84 bits per heavy atom. The third-order valence-electron chi connectivity index (χ3n) is 4.49. The number of thiophene rings is 1. The first kappa shape index (κ1) is 17.6. The summed E-state index contributed by atoms with van der Waals surface area (Å²) in [7, 11) is 0. The minimum absolute atomic E-state index is 0.103. The highest BCUT2D eigenvalue weighted by Crippen LogP contribution is 2.15. The summed E-state index contributed by atoms with van der Waals surface area (Å²) in [6.45, 7) is 3.78. The highest BCUT2D eigenvalue weighted by Gasteiger charge is 2.24. The van der Waals surface area contributed by atoms with Gasteiger partial charge in [0, 0.05) is 43.0 Å². The fourth-order valence-electron chi connectivity index (χ4n) is 2.96. The Hall–Kier alpha value is -2.21. The van der Waals surface area contributed by atoms with Gasteiger partial charge in [-0.3, -0.25) is 9.59 Å². The fraction of sp³-hybridized carbons (Fsp3) is 0.368. The molecule has 0 unspecified atom stereocenters.